The first-order chi connectivity index (χ1) is 11.8. The van der Waals surface area contributed by atoms with E-state index in [0.717, 1.165) is 22.3 Å². The van der Waals surface area contributed by atoms with Crippen molar-refractivity contribution in [2.75, 3.05) is 0 Å². The second-order valence-electron chi connectivity index (χ2n) is 8.54. The SMILES string of the molecule is Cc1ccc(C(C)(C)C)c(O)c1.Cc1ccc(C(C)(C)C)c(O)c1.O=S. The quantitative estimate of drug-likeness (QED) is 0.623. The van der Waals surface area contributed by atoms with E-state index in [4.69, 9.17) is 4.21 Å². The molecule has 0 radical (unpaired) electrons. The zero-order chi connectivity index (χ0) is 20.7. The summed E-state index contributed by atoms with van der Waals surface area (Å²) >= 11 is 2.83. The molecule has 2 aromatic rings. The molecule has 26 heavy (non-hydrogen) atoms. The molecule has 0 heterocycles. The fraction of sp³-hybridized carbons (Fsp3) is 0.455. The van der Waals surface area contributed by atoms with Gasteiger partial charge in [0.1, 0.15) is 11.5 Å². The summed E-state index contributed by atoms with van der Waals surface area (Å²) in [5.74, 6) is 0.810. The minimum Gasteiger partial charge on any atom is -0.508 e. The van der Waals surface area contributed by atoms with E-state index >= 15 is 0 Å². The van der Waals surface area contributed by atoms with E-state index in [1.807, 2.05) is 38.1 Å². The molecule has 0 saturated carbocycles. The summed E-state index contributed by atoms with van der Waals surface area (Å²) in [5, 5.41) is 19.3. The minimum absolute atomic E-state index is 0.0256. The Balaban J connectivity index is 0.000000439. The average Bonchev–Trinajstić information content (AvgIpc) is 2.47. The van der Waals surface area contributed by atoms with Crippen molar-refractivity contribution in [2.24, 2.45) is 0 Å². The van der Waals surface area contributed by atoms with Crippen LogP contribution in [0.15, 0.2) is 36.4 Å². The maximum atomic E-state index is 9.63. The van der Waals surface area contributed by atoms with Gasteiger partial charge in [-0.25, -0.2) is 0 Å². The van der Waals surface area contributed by atoms with Crippen LogP contribution in [0.2, 0.25) is 0 Å². The summed E-state index contributed by atoms with van der Waals surface area (Å²) in [7, 11) is 0. The highest BCUT2D eigenvalue weighted by atomic mass is 32.1. The van der Waals surface area contributed by atoms with Crippen molar-refractivity contribution in [1.82, 2.24) is 0 Å². The van der Waals surface area contributed by atoms with Crippen LogP contribution in [0.25, 0.3) is 0 Å². The third kappa shape index (κ3) is 7.52. The van der Waals surface area contributed by atoms with E-state index in [9.17, 15) is 10.2 Å². The average molecular weight is 377 g/mol. The zero-order valence-electron chi connectivity index (χ0n) is 17.2. The second kappa shape index (κ2) is 9.67. The Bertz CT molecular complexity index is 649. The van der Waals surface area contributed by atoms with Gasteiger partial charge in [-0.3, -0.25) is 0 Å². The zero-order valence-corrected chi connectivity index (χ0v) is 18.0. The Hall–Kier alpha value is -1.94. The number of hydrogen-bond donors (Lipinski definition) is 2. The van der Waals surface area contributed by atoms with Gasteiger partial charge >= 0.3 is 0 Å². The number of benzene rings is 2. The molecule has 144 valence electrons. The van der Waals surface area contributed by atoms with Crippen LogP contribution in [0, 0.1) is 13.8 Å². The molecule has 0 saturated heterocycles. The van der Waals surface area contributed by atoms with Crippen molar-refractivity contribution >= 4 is 12.5 Å². The van der Waals surface area contributed by atoms with E-state index < -0.39 is 0 Å². The van der Waals surface area contributed by atoms with Crippen LogP contribution in [-0.4, -0.2) is 14.4 Å². The number of aryl methyl sites for hydroxylation is 2. The molecule has 0 spiro atoms. The summed E-state index contributed by atoms with van der Waals surface area (Å²) in [5.41, 5.74) is 4.26. The summed E-state index contributed by atoms with van der Waals surface area (Å²) < 4.78 is 7.83. The summed E-state index contributed by atoms with van der Waals surface area (Å²) in [6, 6.07) is 11.6. The molecule has 2 N–H and O–H groups in total. The lowest BCUT2D eigenvalue weighted by Gasteiger charge is -2.20. The Morgan fingerprint density at radius 2 is 0.923 bits per heavy atom. The third-order valence-electron chi connectivity index (χ3n) is 3.92. The van der Waals surface area contributed by atoms with Crippen molar-refractivity contribution < 1.29 is 14.4 Å². The molecular weight excluding hydrogens is 344 g/mol. The molecule has 4 heteroatoms. The fourth-order valence-electron chi connectivity index (χ4n) is 2.55. The standard InChI is InChI=1S/2C11H16O.OS/c2*1-8-5-6-9(10(12)7-8)11(2,3)4;1-2/h2*5-7,12H,1-4H3;. The molecule has 0 aliphatic carbocycles. The second-order valence-corrected chi connectivity index (χ2v) is 8.54. The number of phenolic OH excluding ortho intramolecular Hbond substituents is 2. The molecule has 3 nitrogen and oxygen atoms in total. The maximum absolute atomic E-state index is 9.63. The van der Waals surface area contributed by atoms with Gasteiger partial charge in [-0.05, 0) is 59.1 Å². The first-order valence-corrected chi connectivity index (χ1v) is 8.92. The molecule has 0 fully saturated rings. The first-order valence-electron chi connectivity index (χ1n) is 8.59. The number of phenols is 2. The summed E-state index contributed by atoms with van der Waals surface area (Å²) in [4.78, 5) is 0. The highest BCUT2D eigenvalue weighted by molar-refractivity contribution is 7.44. The minimum atomic E-state index is 0.0256. The van der Waals surface area contributed by atoms with E-state index in [-0.39, 0.29) is 10.8 Å². The van der Waals surface area contributed by atoms with Crippen LogP contribution >= 0.6 is 0 Å². The van der Waals surface area contributed by atoms with Crippen LogP contribution in [0.5, 0.6) is 11.5 Å². The monoisotopic (exact) mass is 376 g/mol. The van der Waals surface area contributed by atoms with E-state index in [1.54, 1.807) is 12.1 Å². The largest absolute Gasteiger partial charge is 0.508 e. The van der Waals surface area contributed by atoms with Crippen molar-refractivity contribution in [3.8, 4) is 11.5 Å². The lowest BCUT2D eigenvalue weighted by atomic mass is 9.86. The van der Waals surface area contributed by atoms with Gasteiger partial charge in [0.05, 0.1) is 0 Å². The topological polar surface area (TPSA) is 57.5 Å². The van der Waals surface area contributed by atoms with E-state index in [1.165, 1.54) is 0 Å². The van der Waals surface area contributed by atoms with Crippen molar-refractivity contribution in [2.45, 2.75) is 66.2 Å². The van der Waals surface area contributed by atoms with Gasteiger partial charge in [0.2, 0.25) is 0 Å². The molecule has 0 bridgehead atoms. The van der Waals surface area contributed by atoms with Crippen molar-refractivity contribution in [3.63, 3.8) is 0 Å². The molecule has 0 aliphatic rings. The molecule has 0 aliphatic heterocycles. The molecule has 2 aromatic carbocycles. The normalized spacial score (nSPS) is 10.9. The van der Waals surface area contributed by atoms with Gasteiger partial charge < -0.3 is 10.2 Å². The molecule has 0 atom stereocenters. The number of hydrogen-bond acceptors (Lipinski definition) is 4. The van der Waals surface area contributed by atoms with Gasteiger partial charge in [0.25, 0.3) is 0 Å². The summed E-state index contributed by atoms with van der Waals surface area (Å²) in [6.45, 7) is 16.5. The van der Waals surface area contributed by atoms with E-state index in [2.05, 4.69) is 54.1 Å². The van der Waals surface area contributed by atoms with Crippen LogP contribution in [0.1, 0.15) is 63.8 Å². The number of rotatable bonds is 0. The van der Waals surface area contributed by atoms with Crippen LogP contribution in [0.3, 0.4) is 0 Å². The third-order valence-corrected chi connectivity index (χ3v) is 3.92. The predicted octanol–water partition coefficient (Wildman–Crippen LogP) is 5.66. The first kappa shape index (κ1) is 24.1. The van der Waals surface area contributed by atoms with Crippen molar-refractivity contribution in [1.29, 1.82) is 0 Å². The molecule has 0 amide bonds. The smallest absolute Gasteiger partial charge is 0.197 e. The van der Waals surface area contributed by atoms with Crippen molar-refractivity contribution in [3.05, 3.63) is 58.7 Å². The highest BCUT2D eigenvalue weighted by Gasteiger charge is 2.17. The van der Waals surface area contributed by atoms with Crippen LogP contribution < -0.4 is 0 Å². The fourth-order valence-corrected chi connectivity index (χ4v) is 2.55. The Morgan fingerprint density at radius 3 is 1.12 bits per heavy atom. The van der Waals surface area contributed by atoms with Crippen LogP contribution in [-0.2, 0) is 23.4 Å². The highest BCUT2D eigenvalue weighted by Crippen LogP contribution is 2.31. The number of aromatic hydroxyl groups is 2. The lowest BCUT2D eigenvalue weighted by molar-refractivity contribution is 0.445. The molecule has 2 rings (SSSR count). The van der Waals surface area contributed by atoms with Gasteiger partial charge in [-0.15, -0.1) is 0 Å². The Kier molecular flexibility index (Phi) is 8.95. The van der Waals surface area contributed by atoms with Gasteiger partial charge in [-0.1, -0.05) is 65.8 Å². The maximum Gasteiger partial charge on any atom is 0.197 e. The molecular formula is C22H32O3S. The molecule has 0 unspecified atom stereocenters. The van der Waals surface area contributed by atoms with E-state index in [0.29, 0.717) is 11.5 Å². The van der Waals surface area contributed by atoms with Gasteiger partial charge in [-0.2, -0.15) is 4.21 Å². The Labute approximate surface area is 163 Å². The predicted molar refractivity (Wildman–Crippen MR) is 111 cm³/mol. The summed E-state index contributed by atoms with van der Waals surface area (Å²) in [6.07, 6.45) is 0. The van der Waals surface area contributed by atoms with Gasteiger partial charge in [0.15, 0.2) is 12.5 Å². The Morgan fingerprint density at radius 1 is 0.654 bits per heavy atom. The molecule has 0 aromatic heterocycles. The lowest BCUT2D eigenvalue weighted by Crippen LogP contribution is -2.11. The van der Waals surface area contributed by atoms with Gasteiger partial charge in [0, 0.05) is 0 Å². The van der Waals surface area contributed by atoms with Crippen LogP contribution in [0.4, 0.5) is 0 Å².